The van der Waals surface area contributed by atoms with Crippen LogP contribution in [0, 0.1) is 0 Å². The quantitative estimate of drug-likeness (QED) is 0.891. The van der Waals surface area contributed by atoms with Gasteiger partial charge in [0.15, 0.2) is 5.82 Å². The van der Waals surface area contributed by atoms with Crippen LogP contribution in [-0.2, 0) is 4.79 Å². The molecule has 1 aliphatic carbocycles. The van der Waals surface area contributed by atoms with E-state index in [9.17, 15) is 4.79 Å². The van der Waals surface area contributed by atoms with Gasteiger partial charge in [0.2, 0.25) is 0 Å². The number of nitrogens with zero attached hydrogens (tertiary/aromatic N) is 3. The topological polar surface area (TPSA) is 75.5 Å². The lowest BCUT2D eigenvalue weighted by molar-refractivity contribution is -0.135. The molecular weight excluding hydrogens is 270 g/mol. The van der Waals surface area contributed by atoms with E-state index in [2.05, 4.69) is 9.97 Å². The summed E-state index contributed by atoms with van der Waals surface area (Å²) in [5.41, 5.74) is 0. The van der Waals surface area contributed by atoms with Crippen LogP contribution in [0.25, 0.3) is 0 Å². The van der Waals surface area contributed by atoms with Crippen LogP contribution in [0.1, 0.15) is 25.7 Å². The van der Waals surface area contributed by atoms with Gasteiger partial charge in [-0.25, -0.2) is 4.98 Å². The Bertz CT molecular complexity index is 464. The molecule has 1 N–H and O–H groups in total. The summed E-state index contributed by atoms with van der Waals surface area (Å²) in [4.78, 5) is 20.9. The van der Waals surface area contributed by atoms with Gasteiger partial charge in [0.05, 0.1) is 13.3 Å². The van der Waals surface area contributed by atoms with Gasteiger partial charge in [-0.3, -0.25) is 4.79 Å². The number of rotatable bonds is 5. The van der Waals surface area contributed by atoms with E-state index in [4.69, 9.17) is 21.4 Å². The molecule has 1 fully saturated rings. The normalized spacial score (nSPS) is 15.5. The second-order valence-electron chi connectivity index (χ2n) is 4.49. The zero-order chi connectivity index (χ0) is 13.8. The number of hydrogen-bond acceptors (Lipinski definition) is 5. The molecule has 0 amide bonds. The number of ether oxygens (including phenoxy) is 1. The van der Waals surface area contributed by atoms with E-state index >= 15 is 0 Å². The first-order valence-corrected chi connectivity index (χ1v) is 6.54. The first kappa shape index (κ1) is 13.9. The number of hydrogen-bond donors (Lipinski definition) is 1. The fourth-order valence-corrected chi connectivity index (χ4v) is 2.58. The van der Waals surface area contributed by atoms with Crippen LogP contribution >= 0.6 is 11.6 Å². The average molecular weight is 286 g/mol. The number of aromatic nitrogens is 2. The maximum absolute atomic E-state index is 11.0. The maximum Gasteiger partial charge on any atom is 0.323 e. The number of carboxylic acids is 1. The molecule has 0 atom stereocenters. The van der Waals surface area contributed by atoms with Crippen molar-refractivity contribution in [3.63, 3.8) is 0 Å². The summed E-state index contributed by atoms with van der Waals surface area (Å²) in [6, 6.07) is 0.348. The second kappa shape index (κ2) is 6.06. The fraction of sp³-hybridized carbons (Fsp3) is 0.583. The van der Waals surface area contributed by atoms with E-state index in [-0.39, 0.29) is 18.6 Å². The van der Waals surface area contributed by atoms with Gasteiger partial charge in [-0.15, -0.1) is 0 Å². The fourth-order valence-electron chi connectivity index (χ4n) is 2.38. The Balaban J connectivity index is 2.33. The van der Waals surface area contributed by atoms with Gasteiger partial charge < -0.3 is 14.7 Å². The van der Waals surface area contributed by atoms with Crippen LogP contribution in [0.5, 0.6) is 6.01 Å². The van der Waals surface area contributed by atoms with Crippen molar-refractivity contribution in [3.05, 3.63) is 11.2 Å². The third-order valence-electron chi connectivity index (χ3n) is 3.23. The zero-order valence-corrected chi connectivity index (χ0v) is 11.4. The monoisotopic (exact) mass is 285 g/mol. The van der Waals surface area contributed by atoms with Crippen LogP contribution in [0.3, 0.4) is 0 Å². The largest absolute Gasteiger partial charge is 0.480 e. The molecule has 7 heteroatoms. The number of carboxylic acid groups (broad SMARTS) is 1. The van der Waals surface area contributed by atoms with Crippen molar-refractivity contribution in [2.24, 2.45) is 0 Å². The molecule has 0 aromatic carbocycles. The predicted molar refractivity (Wildman–Crippen MR) is 70.8 cm³/mol. The molecule has 0 unspecified atom stereocenters. The zero-order valence-electron chi connectivity index (χ0n) is 10.7. The molecule has 0 saturated heterocycles. The summed E-state index contributed by atoms with van der Waals surface area (Å²) in [6.45, 7) is -0.120. The van der Waals surface area contributed by atoms with Crippen LogP contribution in [-0.4, -0.2) is 40.7 Å². The lowest BCUT2D eigenvalue weighted by Crippen LogP contribution is -2.38. The van der Waals surface area contributed by atoms with E-state index < -0.39 is 5.97 Å². The molecular formula is C12H16ClN3O3. The average Bonchev–Trinajstić information content (AvgIpc) is 2.90. The lowest BCUT2D eigenvalue weighted by atomic mass is 10.2. The van der Waals surface area contributed by atoms with Crippen molar-refractivity contribution in [1.82, 2.24) is 9.97 Å². The third-order valence-corrected chi connectivity index (χ3v) is 3.50. The first-order valence-electron chi connectivity index (χ1n) is 6.16. The van der Waals surface area contributed by atoms with Gasteiger partial charge in [0.1, 0.15) is 11.6 Å². The molecule has 0 bridgehead atoms. The number of aliphatic carboxylic acids is 1. The summed E-state index contributed by atoms with van der Waals surface area (Å²) in [6.07, 6.45) is 5.54. The molecule has 2 rings (SSSR count). The van der Waals surface area contributed by atoms with Gasteiger partial charge in [-0.1, -0.05) is 24.4 Å². The van der Waals surface area contributed by atoms with Crippen molar-refractivity contribution in [3.8, 4) is 6.01 Å². The molecule has 1 aromatic heterocycles. The molecule has 0 spiro atoms. The minimum absolute atomic E-state index is 0.120. The van der Waals surface area contributed by atoms with E-state index in [1.165, 1.54) is 13.3 Å². The summed E-state index contributed by atoms with van der Waals surface area (Å²) in [5, 5.41) is 9.41. The third kappa shape index (κ3) is 3.26. The van der Waals surface area contributed by atoms with Crippen molar-refractivity contribution in [2.75, 3.05) is 18.6 Å². The molecule has 0 aliphatic heterocycles. The van der Waals surface area contributed by atoms with E-state index in [1.54, 1.807) is 4.90 Å². The predicted octanol–water partition coefficient (Wildman–Crippen LogP) is 1.97. The molecule has 19 heavy (non-hydrogen) atoms. The van der Waals surface area contributed by atoms with Crippen molar-refractivity contribution < 1.29 is 14.6 Å². The van der Waals surface area contributed by atoms with Crippen molar-refractivity contribution in [1.29, 1.82) is 0 Å². The highest BCUT2D eigenvalue weighted by Crippen LogP contribution is 2.31. The Labute approximate surface area is 116 Å². The highest BCUT2D eigenvalue weighted by Gasteiger charge is 2.27. The molecule has 1 aromatic rings. The van der Waals surface area contributed by atoms with E-state index in [0.29, 0.717) is 10.8 Å². The first-order chi connectivity index (χ1) is 9.11. The van der Waals surface area contributed by atoms with Crippen molar-refractivity contribution in [2.45, 2.75) is 31.7 Å². The summed E-state index contributed by atoms with van der Waals surface area (Å²) in [7, 11) is 1.46. The minimum atomic E-state index is -0.902. The molecule has 1 saturated carbocycles. The molecule has 1 aliphatic rings. The molecule has 6 nitrogen and oxygen atoms in total. The number of carbonyl (C=O) groups is 1. The lowest BCUT2D eigenvalue weighted by Gasteiger charge is -2.29. The van der Waals surface area contributed by atoms with Crippen LogP contribution in [0.15, 0.2) is 6.20 Å². The highest BCUT2D eigenvalue weighted by atomic mass is 35.5. The SMILES string of the molecule is COc1ncc(Cl)c(N(CC(=O)O)C2CCCC2)n1. The number of halogens is 1. The van der Waals surface area contributed by atoms with Gasteiger partial charge in [0, 0.05) is 6.04 Å². The van der Waals surface area contributed by atoms with Crippen LogP contribution in [0.4, 0.5) is 5.82 Å². The molecule has 1 heterocycles. The molecule has 104 valence electrons. The van der Waals surface area contributed by atoms with E-state index in [1.807, 2.05) is 0 Å². The second-order valence-corrected chi connectivity index (χ2v) is 4.90. The highest BCUT2D eigenvalue weighted by molar-refractivity contribution is 6.32. The summed E-state index contributed by atoms with van der Waals surface area (Å²) in [5.74, 6) is -0.469. The maximum atomic E-state index is 11.0. The van der Waals surface area contributed by atoms with Gasteiger partial charge in [-0.2, -0.15) is 4.98 Å². The van der Waals surface area contributed by atoms with Gasteiger partial charge in [0.25, 0.3) is 0 Å². The standard InChI is InChI=1S/C12H16ClN3O3/c1-19-12-14-6-9(13)11(15-12)16(7-10(17)18)8-4-2-3-5-8/h6,8H,2-5,7H2,1H3,(H,17,18). The van der Waals surface area contributed by atoms with E-state index in [0.717, 1.165) is 25.7 Å². The molecule has 0 radical (unpaired) electrons. The van der Waals surface area contributed by atoms with Crippen molar-refractivity contribution >= 4 is 23.4 Å². The Morgan fingerprint density at radius 1 is 1.58 bits per heavy atom. The number of methoxy groups -OCH3 is 1. The minimum Gasteiger partial charge on any atom is -0.480 e. The Hall–Kier alpha value is -1.56. The Kier molecular flexibility index (Phi) is 4.42. The Morgan fingerprint density at radius 2 is 2.26 bits per heavy atom. The van der Waals surface area contributed by atoms with Gasteiger partial charge in [-0.05, 0) is 12.8 Å². The summed E-state index contributed by atoms with van der Waals surface area (Å²) >= 11 is 6.09. The van der Waals surface area contributed by atoms with Gasteiger partial charge >= 0.3 is 12.0 Å². The van der Waals surface area contributed by atoms with Crippen LogP contribution in [0.2, 0.25) is 5.02 Å². The Morgan fingerprint density at radius 3 is 2.84 bits per heavy atom. The summed E-state index contributed by atoms with van der Waals surface area (Å²) < 4.78 is 4.97. The number of anilines is 1. The smallest absolute Gasteiger partial charge is 0.323 e. The van der Waals surface area contributed by atoms with Crippen LogP contribution < -0.4 is 9.64 Å².